The van der Waals surface area contributed by atoms with Gasteiger partial charge in [-0.05, 0) is 61.9 Å². The third-order valence-electron chi connectivity index (χ3n) is 3.57. The van der Waals surface area contributed by atoms with Crippen LogP contribution in [0.4, 0.5) is 11.4 Å². The van der Waals surface area contributed by atoms with Crippen LogP contribution in [-0.2, 0) is 0 Å². The average Bonchev–Trinajstić information content (AvgIpc) is 2.49. The number of fused-ring (bicyclic) bond motifs is 1. The van der Waals surface area contributed by atoms with E-state index in [1.807, 2.05) is 31.2 Å². The molecule has 0 aliphatic carbocycles. The lowest BCUT2D eigenvalue weighted by atomic mass is 10.1. The van der Waals surface area contributed by atoms with Crippen molar-refractivity contribution in [1.29, 1.82) is 0 Å². The van der Waals surface area contributed by atoms with Crippen LogP contribution in [0.3, 0.4) is 0 Å². The number of hydrogen-bond acceptors (Lipinski definition) is 3. The summed E-state index contributed by atoms with van der Waals surface area (Å²) in [6.07, 6.45) is 0. The van der Waals surface area contributed by atoms with Crippen molar-refractivity contribution in [3.8, 4) is 5.75 Å². The minimum atomic E-state index is 0.847. The topological polar surface area (TPSA) is 34.1 Å². The summed E-state index contributed by atoms with van der Waals surface area (Å²) in [6.45, 7) is 4.09. The van der Waals surface area contributed by atoms with Gasteiger partial charge in [0.15, 0.2) is 0 Å². The number of nitrogens with one attached hydrogen (secondary N) is 1. The van der Waals surface area contributed by atoms with E-state index >= 15 is 0 Å². The van der Waals surface area contributed by atoms with Gasteiger partial charge in [-0.15, -0.1) is 0 Å². The fourth-order valence-corrected chi connectivity index (χ4v) is 3.09. The largest absolute Gasteiger partial charge is 0.497 e. The first-order valence-corrected chi connectivity index (χ1v) is 7.84. The maximum Gasteiger partial charge on any atom is 0.119 e. The molecule has 3 aromatic rings. The average molecular weight is 357 g/mol. The van der Waals surface area contributed by atoms with Crippen LogP contribution in [0.25, 0.3) is 10.9 Å². The highest BCUT2D eigenvalue weighted by molar-refractivity contribution is 9.10. The number of aryl methyl sites for hydroxylation is 2. The molecule has 0 aliphatic heterocycles. The molecular weight excluding hydrogens is 340 g/mol. The minimum Gasteiger partial charge on any atom is -0.497 e. The van der Waals surface area contributed by atoms with Crippen molar-refractivity contribution in [2.75, 3.05) is 12.4 Å². The van der Waals surface area contributed by atoms with Crippen LogP contribution >= 0.6 is 15.9 Å². The van der Waals surface area contributed by atoms with Gasteiger partial charge in [-0.3, -0.25) is 4.98 Å². The summed E-state index contributed by atoms with van der Waals surface area (Å²) in [4.78, 5) is 4.67. The summed E-state index contributed by atoms with van der Waals surface area (Å²) in [5.41, 5.74) is 5.25. The smallest absolute Gasteiger partial charge is 0.119 e. The van der Waals surface area contributed by atoms with E-state index in [2.05, 4.69) is 51.4 Å². The van der Waals surface area contributed by atoms with Gasteiger partial charge in [0.25, 0.3) is 0 Å². The van der Waals surface area contributed by atoms with Gasteiger partial charge in [-0.1, -0.05) is 15.9 Å². The lowest BCUT2D eigenvalue weighted by Crippen LogP contribution is -1.96. The van der Waals surface area contributed by atoms with Crippen molar-refractivity contribution in [3.63, 3.8) is 0 Å². The van der Waals surface area contributed by atoms with Crippen molar-refractivity contribution < 1.29 is 4.74 Å². The van der Waals surface area contributed by atoms with Crippen LogP contribution in [0.15, 0.2) is 46.9 Å². The number of rotatable bonds is 3. The molecule has 3 nitrogen and oxygen atoms in total. The van der Waals surface area contributed by atoms with Crippen LogP contribution in [0.5, 0.6) is 5.75 Å². The van der Waals surface area contributed by atoms with Crippen LogP contribution in [0.1, 0.15) is 11.3 Å². The Hall–Kier alpha value is -2.07. The van der Waals surface area contributed by atoms with Crippen LogP contribution in [0.2, 0.25) is 0 Å². The number of pyridine rings is 1. The Morgan fingerprint density at radius 2 is 1.77 bits per heavy atom. The number of aromatic nitrogens is 1. The molecule has 0 spiro atoms. The molecular formula is C18H17BrN2O. The van der Waals surface area contributed by atoms with Gasteiger partial charge in [0.2, 0.25) is 0 Å². The monoisotopic (exact) mass is 356 g/mol. The van der Waals surface area contributed by atoms with Gasteiger partial charge >= 0.3 is 0 Å². The highest BCUT2D eigenvalue weighted by Gasteiger charge is 2.08. The zero-order valence-electron chi connectivity index (χ0n) is 12.8. The molecule has 1 heterocycles. The van der Waals surface area contributed by atoms with Crippen LogP contribution < -0.4 is 10.1 Å². The summed E-state index contributed by atoms with van der Waals surface area (Å²) >= 11 is 3.57. The zero-order chi connectivity index (χ0) is 15.7. The Balaban J connectivity index is 2.09. The number of benzene rings is 2. The van der Waals surface area contributed by atoms with Crippen molar-refractivity contribution >= 4 is 38.2 Å². The van der Waals surface area contributed by atoms with Gasteiger partial charge in [0.05, 0.1) is 12.6 Å². The molecule has 0 saturated heterocycles. The summed E-state index contributed by atoms with van der Waals surface area (Å²) in [5, 5.41) is 4.58. The molecule has 0 amide bonds. The Bertz CT molecular complexity index is 829. The molecule has 112 valence electrons. The standard InChI is InChI=1S/C18H17BrN2O/c1-11-8-13(19)10-16-17(9-12(2)20-18(11)16)21-14-4-6-15(22-3)7-5-14/h4-10H,1-3H3,(H,20,21). The number of halogens is 1. The number of methoxy groups -OCH3 is 1. The van der Waals surface area contributed by atoms with Gasteiger partial charge in [-0.25, -0.2) is 0 Å². The van der Waals surface area contributed by atoms with E-state index in [0.717, 1.165) is 43.8 Å². The first-order valence-electron chi connectivity index (χ1n) is 7.05. The Morgan fingerprint density at radius 3 is 2.45 bits per heavy atom. The van der Waals surface area contributed by atoms with Crippen molar-refractivity contribution in [3.05, 3.63) is 58.2 Å². The number of hydrogen-bond donors (Lipinski definition) is 1. The molecule has 4 heteroatoms. The molecule has 0 fully saturated rings. The maximum absolute atomic E-state index is 5.20. The Morgan fingerprint density at radius 1 is 1.05 bits per heavy atom. The normalized spacial score (nSPS) is 10.7. The minimum absolute atomic E-state index is 0.847. The van der Waals surface area contributed by atoms with Gasteiger partial charge in [0.1, 0.15) is 5.75 Å². The molecule has 1 N–H and O–H groups in total. The van der Waals surface area contributed by atoms with Crippen LogP contribution in [-0.4, -0.2) is 12.1 Å². The van der Waals surface area contributed by atoms with Crippen molar-refractivity contribution in [2.45, 2.75) is 13.8 Å². The highest BCUT2D eigenvalue weighted by atomic mass is 79.9. The van der Waals surface area contributed by atoms with Crippen molar-refractivity contribution in [1.82, 2.24) is 4.98 Å². The second-order valence-corrected chi connectivity index (χ2v) is 6.20. The molecule has 2 aromatic carbocycles. The van der Waals surface area contributed by atoms with E-state index in [-0.39, 0.29) is 0 Å². The van der Waals surface area contributed by atoms with Gasteiger partial charge in [0, 0.05) is 26.9 Å². The predicted octanol–water partition coefficient (Wildman–Crippen LogP) is 5.37. The lowest BCUT2D eigenvalue weighted by Gasteiger charge is -2.13. The molecule has 0 aliphatic rings. The predicted molar refractivity (Wildman–Crippen MR) is 95.2 cm³/mol. The number of nitrogens with zero attached hydrogens (tertiary/aromatic N) is 1. The van der Waals surface area contributed by atoms with Gasteiger partial charge in [-0.2, -0.15) is 0 Å². The molecule has 22 heavy (non-hydrogen) atoms. The number of anilines is 2. The second kappa shape index (κ2) is 5.97. The summed E-state index contributed by atoms with van der Waals surface area (Å²) in [6, 6.07) is 14.2. The molecule has 0 unspecified atom stereocenters. The number of ether oxygens (including phenoxy) is 1. The molecule has 0 atom stereocenters. The first-order chi connectivity index (χ1) is 10.6. The SMILES string of the molecule is COc1ccc(Nc2cc(C)nc3c(C)cc(Br)cc23)cc1. The second-order valence-electron chi connectivity index (χ2n) is 5.28. The fourth-order valence-electron chi connectivity index (χ4n) is 2.52. The van der Waals surface area contributed by atoms with Crippen LogP contribution in [0, 0.1) is 13.8 Å². The quantitative estimate of drug-likeness (QED) is 0.685. The van der Waals surface area contributed by atoms with Crippen molar-refractivity contribution in [2.24, 2.45) is 0 Å². The summed E-state index contributed by atoms with van der Waals surface area (Å²) in [5.74, 6) is 0.847. The Kier molecular flexibility index (Phi) is 4.03. The van der Waals surface area contributed by atoms with E-state index < -0.39 is 0 Å². The third kappa shape index (κ3) is 2.92. The summed E-state index contributed by atoms with van der Waals surface area (Å²) < 4.78 is 6.25. The molecule has 0 saturated carbocycles. The molecule has 3 rings (SSSR count). The van der Waals surface area contributed by atoms with E-state index in [9.17, 15) is 0 Å². The van der Waals surface area contributed by atoms with E-state index in [0.29, 0.717) is 0 Å². The molecule has 0 bridgehead atoms. The highest BCUT2D eigenvalue weighted by Crippen LogP contribution is 2.31. The van der Waals surface area contributed by atoms with E-state index in [1.165, 1.54) is 0 Å². The Labute approximate surface area is 138 Å². The summed E-state index contributed by atoms with van der Waals surface area (Å²) in [7, 11) is 1.67. The molecule has 1 aromatic heterocycles. The lowest BCUT2D eigenvalue weighted by molar-refractivity contribution is 0.415. The first kappa shape index (κ1) is 14.9. The fraction of sp³-hybridized carbons (Fsp3) is 0.167. The molecule has 0 radical (unpaired) electrons. The maximum atomic E-state index is 5.20. The third-order valence-corrected chi connectivity index (χ3v) is 4.02. The van der Waals surface area contributed by atoms with E-state index in [4.69, 9.17) is 4.74 Å². The zero-order valence-corrected chi connectivity index (χ0v) is 14.4. The van der Waals surface area contributed by atoms with Gasteiger partial charge < -0.3 is 10.1 Å². The van der Waals surface area contributed by atoms with E-state index in [1.54, 1.807) is 7.11 Å².